The third-order valence-electron chi connectivity index (χ3n) is 1.93. The predicted octanol–water partition coefficient (Wildman–Crippen LogP) is 1.77. The SMILES string of the molecule is C=CCNC(=O)NC(C)(C)CNC(=O)OC(C)(C)C. The quantitative estimate of drug-likeness (QED) is 0.667. The number of carbonyl (C=O) groups excluding carboxylic acids is 2. The van der Waals surface area contributed by atoms with Crippen LogP contribution >= 0.6 is 0 Å². The molecule has 110 valence electrons. The minimum absolute atomic E-state index is 0.267. The van der Waals surface area contributed by atoms with Gasteiger partial charge >= 0.3 is 12.1 Å². The lowest BCUT2D eigenvalue weighted by Gasteiger charge is -2.27. The maximum Gasteiger partial charge on any atom is 0.407 e. The Hall–Kier alpha value is -1.72. The molecule has 0 aliphatic heterocycles. The Morgan fingerprint density at radius 1 is 1.16 bits per heavy atom. The van der Waals surface area contributed by atoms with Crippen molar-refractivity contribution in [2.24, 2.45) is 0 Å². The van der Waals surface area contributed by atoms with Crippen molar-refractivity contribution in [2.45, 2.75) is 45.8 Å². The van der Waals surface area contributed by atoms with Gasteiger partial charge in [-0.3, -0.25) is 0 Å². The molecule has 0 saturated heterocycles. The van der Waals surface area contributed by atoms with Crippen molar-refractivity contribution in [2.75, 3.05) is 13.1 Å². The van der Waals surface area contributed by atoms with E-state index in [1.54, 1.807) is 40.7 Å². The van der Waals surface area contributed by atoms with E-state index < -0.39 is 17.2 Å². The fourth-order valence-corrected chi connectivity index (χ4v) is 1.17. The first kappa shape index (κ1) is 17.3. The normalized spacial score (nSPS) is 11.4. The Kier molecular flexibility index (Phi) is 6.38. The molecule has 0 bridgehead atoms. The second-order valence-electron chi connectivity index (χ2n) is 5.86. The van der Waals surface area contributed by atoms with Gasteiger partial charge in [0.1, 0.15) is 5.60 Å². The van der Waals surface area contributed by atoms with Gasteiger partial charge in [0.25, 0.3) is 0 Å². The number of hydrogen-bond donors (Lipinski definition) is 3. The molecule has 19 heavy (non-hydrogen) atoms. The van der Waals surface area contributed by atoms with Crippen LogP contribution in [-0.4, -0.2) is 36.4 Å². The summed E-state index contributed by atoms with van der Waals surface area (Å²) in [5.74, 6) is 0. The fourth-order valence-electron chi connectivity index (χ4n) is 1.17. The first-order chi connectivity index (χ1) is 8.56. The van der Waals surface area contributed by atoms with Crippen LogP contribution in [0, 0.1) is 0 Å². The zero-order valence-electron chi connectivity index (χ0n) is 12.4. The monoisotopic (exact) mass is 271 g/mol. The zero-order chi connectivity index (χ0) is 15.1. The minimum Gasteiger partial charge on any atom is -0.444 e. The minimum atomic E-state index is -0.581. The average Bonchev–Trinajstić information content (AvgIpc) is 2.21. The summed E-state index contributed by atoms with van der Waals surface area (Å²) in [6, 6.07) is -0.309. The van der Waals surface area contributed by atoms with Crippen LogP contribution < -0.4 is 16.0 Å². The van der Waals surface area contributed by atoms with E-state index in [0.717, 1.165) is 0 Å². The summed E-state index contributed by atoms with van der Waals surface area (Å²) in [7, 11) is 0. The summed E-state index contributed by atoms with van der Waals surface area (Å²) < 4.78 is 5.11. The van der Waals surface area contributed by atoms with Crippen LogP contribution in [-0.2, 0) is 4.74 Å². The lowest BCUT2D eigenvalue weighted by molar-refractivity contribution is 0.0514. The zero-order valence-corrected chi connectivity index (χ0v) is 12.4. The predicted molar refractivity (Wildman–Crippen MR) is 75.0 cm³/mol. The molecule has 0 rings (SSSR count). The Labute approximate surface area is 115 Å². The smallest absolute Gasteiger partial charge is 0.407 e. The standard InChI is InChI=1S/C13H25N3O3/c1-7-8-14-10(17)16-13(5,6)9-15-11(18)19-12(2,3)4/h7H,1,8-9H2,2-6H3,(H,15,18)(H2,14,16,17). The van der Waals surface area contributed by atoms with Gasteiger partial charge < -0.3 is 20.7 Å². The molecule has 0 unspecified atom stereocenters. The van der Waals surface area contributed by atoms with E-state index in [1.807, 2.05) is 0 Å². The summed E-state index contributed by atoms with van der Waals surface area (Å²) in [6.07, 6.45) is 1.08. The summed E-state index contributed by atoms with van der Waals surface area (Å²) in [6.45, 7) is 13.1. The summed E-state index contributed by atoms with van der Waals surface area (Å²) in [5.41, 5.74) is -1.12. The summed E-state index contributed by atoms with van der Waals surface area (Å²) >= 11 is 0. The Morgan fingerprint density at radius 2 is 1.74 bits per heavy atom. The largest absolute Gasteiger partial charge is 0.444 e. The topological polar surface area (TPSA) is 79.5 Å². The molecule has 0 fully saturated rings. The van der Waals surface area contributed by atoms with Gasteiger partial charge in [-0.15, -0.1) is 6.58 Å². The number of urea groups is 1. The second kappa shape index (κ2) is 7.01. The van der Waals surface area contributed by atoms with Crippen molar-refractivity contribution < 1.29 is 14.3 Å². The number of ether oxygens (including phenoxy) is 1. The highest BCUT2D eigenvalue weighted by Gasteiger charge is 2.23. The van der Waals surface area contributed by atoms with Crippen molar-refractivity contribution in [3.8, 4) is 0 Å². The van der Waals surface area contributed by atoms with Gasteiger partial charge in [0, 0.05) is 13.1 Å². The third kappa shape index (κ3) is 9.93. The van der Waals surface area contributed by atoms with Crippen LogP contribution in [0.5, 0.6) is 0 Å². The molecule has 0 atom stereocenters. The van der Waals surface area contributed by atoms with Gasteiger partial charge in [-0.05, 0) is 34.6 Å². The lowest BCUT2D eigenvalue weighted by atomic mass is 10.1. The van der Waals surface area contributed by atoms with Crippen LogP contribution in [0.25, 0.3) is 0 Å². The third-order valence-corrected chi connectivity index (χ3v) is 1.93. The molecule has 0 aromatic rings. The molecule has 0 aliphatic rings. The molecular formula is C13H25N3O3. The second-order valence-corrected chi connectivity index (χ2v) is 5.86. The highest BCUT2D eigenvalue weighted by molar-refractivity contribution is 5.75. The molecule has 0 aromatic heterocycles. The lowest BCUT2D eigenvalue weighted by Crippen LogP contribution is -2.54. The first-order valence-electron chi connectivity index (χ1n) is 6.19. The van der Waals surface area contributed by atoms with E-state index in [1.165, 1.54) is 0 Å². The van der Waals surface area contributed by atoms with Crippen molar-refractivity contribution in [3.05, 3.63) is 12.7 Å². The van der Waals surface area contributed by atoms with Crippen LogP contribution in [0.4, 0.5) is 9.59 Å². The van der Waals surface area contributed by atoms with E-state index in [2.05, 4.69) is 22.5 Å². The van der Waals surface area contributed by atoms with Crippen molar-refractivity contribution in [3.63, 3.8) is 0 Å². The molecule has 0 heterocycles. The molecule has 0 aliphatic carbocycles. The molecule has 0 radical (unpaired) electrons. The number of hydrogen-bond acceptors (Lipinski definition) is 3. The van der Waals surface area contributed by atoms with Crippen molar-refractivity contribution >= 4 is 12.1 Å². The Balaban J connectivity index is 4.12. The number of rotatable bonds is 5. The molecule has 3 N–H and O–H groups in total. The van der Waals surface area contributed by atoms with Gasteiger partial charge in [0.2, 0.25) is 0 Å². The molecule has 0 spiro atoms. The van der Waals surface area contributed by atoms with Gasteiger partial charge in [-0.1, -0.05) is 6.08 Å². The maximum atomic E-state index is 11.5. The number of nitrogens with one attached hydrogen (secondary N) is 3. The number of carbonyl (C=O) groups is 2. The van der Waals surface area contributed by atoms with Gasteiger partial charge in [-0.25, -0.2) is 9.59 Å². The van der Waals surface area contributed by atoms with Crippen molar-refractivity contribution in [1.82, 2.24) is 16.0 Å². The average molecular weight is 271 g/mol. The van der Waals surface area contributed by atoms with E-state index >= 15 is 0 Å². The van der Waals surface area contributed by atoms with E-state index in [4.69, 9.17) is 4.74 Å². The summed E-state index contributed by atoms with van der Waals surface area (Å²) in [5, 5.41) is 7.96. The van der Waals surface area contributed by atoms with Crippen LogP contribution in [0.2, 0.25) is 0 Å². The van der Waals surface area contributed by atoms with E-state index in [-0.39, 0.29) is 12.6 Å². The van der Waals surface area contributed by atoms with E-state index in [9.17, 15) is 9.59 Å². The molecule has 6 heteroatoms. The highest BCUT2D eigenvalue weighted by Crippen LogP contribution is 2.07. The number of alkyl carbamates (subject to hydrolysis) is 1. The molecule has 3 amide bonds. The fraction of sp³-hybridized carbons (Fsp3) is 0.692. The van der Waals surface area contributed by atoms with E-state index in [0.29, 0.717) is 6.54 Å². The van der Waals surface area contributed by atoms with Gasteiger partial charge in [0.15, 0.2) is 0 Å². The van der Waals surface area contributed by atoms with Gasteiger partial charge in [0.05, 0.1) is 5.54 Å². The highest BCUT2D eigenvalue weighted by atomic mass is 16.6. The van der Waals surface area contributed by atoms with Crippen LogP contribution in [0.3, 0.4) is 0 Å². The molecular weight excluding hydrogens is 246 g/mol. The maximum absolute atomic E-state index is 11.5. The molecule has 0 saturated carbocycles. The Bertz CT molecular complexity index is 333. The van der Waals surface area contributed by atoms with Gasteiger partial charge in [-0.2, -0.15) is 0 Å². The Morgan fingerprint density at radius 3 is 2.21 bits per heavy atom. The van der Waals surface area contributed by atoms with Crippen LogP contribution in [0.15, 0.2) is 12.7 Å². The number of amides is 3. The van der Waals surface area contributed by atoms with Crippen molar-refractivity contribution in [1.29, 1.82) is 0 Å². The first-order valence-corrected chi connectivity index (χ1v) is 6.19. The van der Waals surface area contributed by atoms with Crippen LogP contribution in [0.1, 0.15) is 34.6 Å². The molecule has 6 nitrogen and oxygen atoms in total. The molecule has 0 aromatic carbocycles. The summed E-state index contributed by atoms with van der Waals surface area (Å²) in [4.78, 5) is 23.0.